The predicted octanol–water partition coefficient (Wildman–Crippen LogP) is 1.42. The first-order chi connectivity index (χ1) is 11.5. The van der Waals surface area contributed by atoms with Crippen molar-refractivity contribution in [2.75, 3.05) is 19.6 Å². The molecule has 8 heteroatoms. The Kier molecular flexibility index (Phi) is 4.30. The summed E-state index contributed by atoms with van der Waals surface area (Å²) in [6.07, 6.45) is 3.54. The molecule has 1 atom stereocenters. The van der Waals surface area contributed by atoms with Crippen molar-refractivity contribution in [2.24, 2.45) is 7.05 Å². The Hall–Kier alpha value is -2.74. The van der Waals surface area contributed by atoms with Gasteiger partial charge < -0.3 is 14.8 Å². The van der Waals surface area contributed by atoms with Gasteiger partial charge in [-0.05, 0) is 13.0 Å². The molecule has 1 aromatic carbocycles. The zero-order valence-corrected chi connectivity index (χ0v) is 13.6. The minimum atomic E-state index is -0.458. The van der Waals surface area contributed by atoms with Gasteiger partial charge >= 0.3 is 0 Å². The van der Waals surface area contributed by atoms with E-state index in [1.165, 1.54) is 6.07 Å². The van der Waals surface area contributed by atoms with Crippen LogP contribution in [0.2, 0.25) is 0 Å². The molecule has 1 aliphatic rings. The average molecular weight is 329 g/mol. The summed E-state index contributed by atoms with van der Waals surface area (Å²) in [7, 11) is 1.89. The second-order valence-corrected chi connectivity index (χ2v) is 5.82. The van der Waals surface area contributed by atoms with E-state index < -0.39 is 4.92 Å². The fraction of sp³-hybridized carbons (Fsp3) is 0.375. The van der Waals surface area contributed by atoms with Gasteiger partial charge in [0.05, 0.1) is 4.92 Å². The number of hydrogen-bond donors (Lipinski definition) is 1. The Morgan fingerprint density at radius 1 is 1.46 bits per heavy atom. The van der Waals surface area contributed by atoms with Crippen LogP contribution < -0.4 is 5.32 Å². The number of rotatable bonds is 3. The van der Waals surface area contributed by atoms with E-state index in [1.807, 2.05) is 17.8 Å². The lowest BCUT2D eigenvalue weighted by Gasteiger charge is -2.36. The highest BCUT2D eigenvalue weighted by molar-refractivity contribution is 5.97. The SMILES string of the molecule is Cc1c(C(=O)N2CCNCC2c2nccn2C)cccc1[N+](=O)[O-]. The van der Waals surface area contributed by atoms with Gasteiger partial charge in [-0.2, -0.15) is 0 Å². The molecule has 1 N–H and O–H groups in total. The van der Waals surface area contributed by atoms with Crippen LogP contribution >= 0.6 is 0 Å². The van der Waals surface area contributed by atoms with Crippen LogP contribution in [0.15, 0.2) is 30.6 Å². The van der Waals surface area contributed by atoms with E-state index in [2.05, 4.69) is 10.3 Å². The van der Waals surface area contributed by atoms with Gasteiger partial charge in [-0.15, -0.1) is 0 Å². The molecule has 0 spiro atoms. The Labute approximate surface area is 139 Å². The zero-order chi connectivity index (χ0) is 17.3. The topological polar surface area (TPSA) is 93.3 Å². The smallest absolute Gasteiger partial charge is 0.273 e. The summed E-state index contributed by atoms with van der Waals surface area (Å²) in [5, 5.41) is 14.4. The fourth-order valence-electron chi connectivity index (χ4n) is 3.08. The molecule has 1 amide bonds. The molecule has 126 valence electrons. The molecular weight excluding hydrogens is 310 g/mol. The Morgan fingerprint density at radius 3 is 2.92 bits per heavy atom. The van der Waals surface area contributed by atoms with Gasteiger partial charge in [0.25, 0.3) is 11.6 Å². The summed E-state index contributed by atoms with van der Waals surface area (Å²) < 4.78 is 1.89. The molecular formula is C16H19N5O3. The maximum atomic E-state index is 13.1. The Balaban J connectivity index is 1.97. The minimum absolute atomic E-state index is 0.0375. The van der Waals surface area contributed by atoms with E-state index in [0.717, 1.165) is 5.82 Å². The van der Waals surface area contributed by atoms with E-state index in [0.29, 0.717) is 30.8 Å². The lowest BCUT2D eigenvalue weighted by Crippen LogP contribution is -2.49. The number of piperazine rings is 1. The molecule has 0 aliphatic carbocycles. The first kappa shape index (κ1) is 16.1. The first-order valence-electron chi connectivity index (χ1n) is 7.73. The lowest BCUT2D eigenvalue weighted by molar-refractivity contribution is -0.385. The summed E-state index contributed by atoms with van der Waals surface area (Å²) >= 11 is 0. The van der Waals surface area contributed by atoms with Crippen molar-refractivity contribution in [1.29, 1.82) is 0 Å². The van der Waals surface area contributed by atoms with E-state index in [4.69, 9.17) is 0 Å². The van der Waals surface area contributed by atoms with Gasteiger partial charge in [-0.3, -0.25) is 14.9 Å². The number of nitrogens with zero attached hydrogens (tertiary/aromatic N) is 4. The maximum Gasteiger partial charge on any atom is 0.273 e. The number of imidazole rings is 1. The van der Waals surface area contributed by atoms with Crippen LogP contribution in [0.1, 0.15) is 27.8 Å². The zero-order valence-electron chi connectivity index (χ0n) is 13.6. The van der Waals surface area contributed by atoms with Gasteiger partial charge in [0, 0.05) is 56.3 Å². The number of hydrogen-bond acceptors (Lipinski definition) is 5. The molecule has 0 saturated carbocycles. The third-order valence-electron chi connectivity index (χ3n) is 4.39. The molecule has 8 nitrogen and oxygen atoms in total. The summed E-state index contributed by atoms with van der Waals surface area (Å²) in [6.45, 7) is 3.42. The normalized spacial score (nSPS) is 17.8. The highest BCUT2D eigenvalue weighted by Gasteiger charge is 2.32. The highest BCUT2D eigenvalue weighted by Crippen LogP contribution is 2.27. The van der Waals surface area contributed by atoms with E-state index in [1.54, 1.807) is 30.2 Å². The highest BCUT2D eigenvalue weighted by atomic mass is 16.6. The van der Waals surface area contributed by atoms with Gasteiger partial charge in [0.2, 0.25) is 0 Å². The summed E-state index contributed by atoms with van der Waals surface area (Å²) in [5.41, 5.74) is 0.722. The number of aryl methyl sites for hydroxylation is 1. The number of carbonyl (C=O) groups excluding carboxylic acids is 1. The van der Waals surface area contributed by atoms with Crippen LogP contribution in [-0.2, 0) is 7.05 Å². The standard InChI is InChI=1S/C16H19N5O3/c1-11-12(4-3-5-13(11)21(23)24)16(22)20-9-6-17-10-14(20)15-18-7-8-19(15)2/h3-5,7-8,14,17H,6,9-10H2,1-2H3. The quantitative estimate of drug-likeness (QED) is 0.679. The molecule has 1 aromatic heterocycles. The van der Waals surface area contributed by atoms with Gasteiger partial charge in [-0.1, -0.05) is 6.07 Å². The molecule has 0 radical (unpaired) electrons. The van der Waals surface area contributed by atoms with Gasteiger partial charge in [0.15, 0.2) is 0 Å². The second-order valence-electron chi connectivity index (χ2n) is 5.82. The molecule has 1 unspecified atom stereocenters. The van der Waals surface area contributed by atoms with Crippen molar-refractivity contribution >= 4 is 11.6 Å². The summed E-state index contributed by atoms with van der Waals surface area (Å²) in [5.74, 6) is 0.587. The van der Waals surface area contributed by atoms with Crippen LogP contribution in [0.25, 0.3) is 0 Å². The number of carbonyl (C=O) groups is 1. The van der Waals surface area contributed by atoms with Crippen LogP contribution in [0.3, 0.4) is 0 Å². The average Bonchev–Trinajstić information content (AvgIpc) is 3.00. The molecule has 1 fully saturated rings. The largest absolute Gasteiger partial charge is 0.336 e. The summed E-state index contributed by atoms with van der Waals surface area (Å²) in [4.78, 5) is 29.8. The van der Waals surface area contributed by atoms with Crippen molar-refractivity contribution in [3.63, 3.8) is 0 Å². The van der Waals surface area contributed by atoms with Gasteiger partial charge in [-0.25, -0.2) is 4.98 Å². The van der Waals surface area contributed by atoms with E-state index in [9.17, 15) is 14.9 Å². The van der Waals surface area contributed by atoms with E-state index in [-0.39, 0.29) is 17.6 Å². The molecule has 1 aliphatic heterocycles. The van der Waals surface area contributed by atoms with Crippen molar-refractivity contribution in [3.8, 4) is 0 Å². The number of nitro groups is 1. The van der Waals surface area contributed by atoms with Crippen molar-refractivity contribution in [2.45, 2.75) is 13.0 Å². The fourth-order valence-corrected chi connectivity index (χ4v) is 3.08. The lowest BCUT2D eigenvalue weighted by atomic mass is 10.0. The van der Waals surface area contributed by atoms with Crippen molar-refractivity contribution < 1.29 is 9.72 Å². The molecule has 1 saturated heterocycles. The Bertz CT molecular complexity index is 786. The van der Waals surface area contributed by atoms with Crippen LogP contribution in [-0.4, -0.2) is 44.9 Å². The Morgan fingerprint density at radius 2 is 2.25 bits per heavy atom. The number of amides is 1. The molecule has 0 bridgehead atoms. The minimum Gasteiger partial charge on any atom is -0.336 e. The summed E-state index contributed by atoms with van der Waals surface area (Å²) in [6, 6.07) is 4.41. The maximum absolute atomic E-state index is 13.1. The molecule has 24 heavy (non-hydrogen) atoms. The predicted molar refractivity (Wildman–Crippen MR) is 87.7 cm³/mol. The second kappa shape index (κ2) is 6.40. The van der Waals surface area contributed by atoms with Crippen molar-refractivity contribution in [3.05, 3.63) is 57.7 Å². The van der Waals surface area contributed by atoms with Crippen LogP contribution in [0, 0.1) is 17.0 Å². The van der Waals surface area contributed by atoms with E-state index >= 15 is 0 Å². The molecule has 2 heterocycles. The molecule has 2 aromatic rings. The molecule has 3 rings (SSSR count). The number of nitrogens with one attached hydrogen (secondary N) is 1. The monoisotopic (exact) mass is 329 g/mol. The van der Waals surface area contributed by atoms with Crippen LogP contribution in [0.4, 0.5) is 5.69 Å². The number of benzene rings is 1. The first-order valence-corrected chi connectivity index (χ1v) is 7.73. The number of nitro benzene ring substituents is 1. The van der Waals surface area contributed by atoms with Crippen LogP contribution in [0.5, 0.6) is 0 Å². The van der Waals surface area contributed by atoms with Gasteiger partial charge in [0.1, 0.15) is 11.9 Å². The van der Waals surface area contributed by atoms with Crippen molar-refractivity contribution in [1.82, 2.24) is 19.8 Å². The third kappa shape index (κ3) is 2.76. The third-order valence-corrected chi connectivity index (χ3v) is 4.39. The number of aromatic nitrogens is 2.